The van der Waals surface area contributed by atoms with Crippen LogP contribution in [0.2, 0.25) is 0 Å². The lowest BCUT2D eigenvalue weighted by Gasteiger charge is -2.09. The van der Waals surface area contributed by atoms with Gasteiger partial charge >= 0.3 is 0 Å². The summed E-state index contributed by atoms with van der Waals surface area (Å²) in [6.07, 6.45) is 1.79. The van der Waals surface area contributed by atoms with Gasteiger partial charge in [-0.05, 0) is 12.3 Å². The predicted octanol–water partition coefficient (Wildman–Crippen LogP) is 1.77. The van der Waals surface area contributed by atoms with Gasteiger partial charge in [-0.2, -0.15) is 0 Å². The van der Waals surface area contributed by atoms with Crippen LogP contribution in [0.4, 0.5) is 0 Å². The van der Waals surface area contributed by atoms with E-state index in [0.29, 0.717) is 21.8 Å². The Balaban J connectivity index is 2.64. The van der Waals surface area contributed by atoms with Gasteiger partial charge in [0.1, 0.15) is 5.75 Å². The second-order valence-corrected chi connectivity index (χ2v) is 4.59. The molecule has 0 fully saturated rings. The van der Waals surface area contributed by atoms with Gasteiger partial charge in [0, 0.05) is 12.6 Å². The molecule has 0 unspecified atom stereocenters. The van der Waals surface area contributed by atoms with E-state index in [-0.39, 0.29) is 11.8 Å². The Hall–Kier alpha value is -1.75. The van der Waals surface area contributed by atoms with E-state index in [1.54, 1.807) is 25.5 Å². The van der Waals surface area contributed by atoms with Gasteiger partial charge in [0.05, 0.1) is 17.6 Å². The van der Waals surface area contributed by atoms with Crippen molar-refractivity contribution in [3.05, 3.63) is 34.7 Å². The number of para-hydroxylation sites is 1. The molecule has 5 heteroatoms. The summed E-state index contributed by atoms with van der Waals surface area (Å²) in [5.74, 6) is 0.0535. The molecule has 0 aliphatic carbocycles. The summed E-state index contributed by atoms with van der Waals surface area (Å²) >= 11 is 1.28. The third-order valence-electron chi connectivity index (χ3n) is 2.82. The van der Waals surface area contributed by atoms with Crippen LogP contribution in [0.15, 0.2) is 29.2 Å². The van der Waals surface area contributed by atoms with Gasteiger partial charge in [-0.25, -0.2) is 0 Å². The van der Waals surface area contributed by atoms with Crippen molar-refractivity contribution in [2.75, 3.05) is 20.4 Å². The molecule has 0 saturated carbocycles. The first kappa shape index (κ1) is 12.7. The van der Waals surface area contributed by atoms with Crippen molar-refractivity contribution in [3.8, 4) is 5.75 Å². The number of benzene rings is 1. The fourth-order valence-electron chi connectivity index (χ4n) is 1.89. The molecular weight excluding hydrogens is 250 g/mol. The number of amides is 2. The maximum atomic E-state index is 12.1. The number of thioether (sulfide) groups is 1. The minimum absolute atomic E-state index is 0.256. The Morgan fingerprint density at radius 1 is 1.17 bits per heavy atom. The maximum Gasteiger partial charge on any atom is 0.267 e. The Morgan fingerprint density at radius 2 is 1.83 bits per heavy atom. The molecule has 1 aliphatic heterocycles. The molecule has 0 radical (unpaired) electrons. The zero-order valence-electron chi connectivity index (χ0n) is 10.4. The van der Waals surface area contributed by atoms with Crippen molar-refractivity contribution >= 4 is 29.1 Å². The standard InChI is InChI=1S/C13H13NO3S/c1-14-12(15)10(11(18-3)13(14)16)8-6-4-5-7-9(8)17-2/h4-7H,1-3H3. The van der Waals surface area contributed by atoms with E-state index in [2.05, 4.69) is 0 Å². The van der Waals surface area contributed by atoms with Crippen molar-refractivity contribution < 1.29 is 14.3 Å². The van der Waals surface area contributed by atoms with Gasteiger partial charge in [0.15, 0.2) is 0 Å². The molecular formula is C13H13NO3S. The van der Waals surface area contributed by atoms with Crippen LogP contribution >= 0.6 is 11.8 Å². The molecule has 94 valence electrons. The Labute approximate surface area is 110 Å². The minimum Gasteiger partial charge on any atom is -0.496 e. The highest BCUT2D eigenvalue weighted by Gasteiger charge is 2.37. The second kappa shape index (κ2) is 4.86. The second-order valence-electron chi connectivity index (χ2n) is 3.78. The fraction of sp³-hybridized carbons (Fsp3) is 0.231. The molecule has 0 spiro atoms. The summed E-state index contributed by atoms with van der Waals surface area (Å²) in [4.78, 5) is 25.6. The van der Waals surface area contributed by atoms with Crippen LogP contribution in [0.5, 0.6) is 5.75 Å². The van der Waals surface area contributed by atoms with Gasteiger partial charge < -0.3 is 4.74 Å². The summed E-state index contributed by atoms with van der Waals surface area (Å²) in [5, 5.41) is 0. The van der Waals surface area contributed by atoms with E-state index in [9.17, 15) is 9.59 Å². The number of rotatable bonds is 3. The molecule has 1 aliphatic rings. The Bertz CT molecular complexity index is 551. The smallest absolute Gasteiger partial charge is 0.267 e. The van der Waals surface area contributed by atoms with E-state index in [0.717, 1.165) is 4.90 Å². The van der Waals surface area contributed by atoms with E-state index >= 15 is 0 Å². The summed E-state index contributed by atoms with van der Waals surface area (Å²) < 4.78 is 5.24. The lowest BCUT2D eigenvalue weighted by Crippen LogP contribution is -2.26. The van der Waals surface area contributed by atoms with E-state index in [4.69, 9.17) is 4.74 Å². The quantitative estimate of drug-likeness (QED) is 0.780. The number of carbonyl (C=O) groups excluding carboxylic acids is 2. The van der Waals surface area contributed by atoms with Gasteiger partial charge in [0.2, 0.25) is 0 Å². The molecule has 0 bridgehead atoms. The van der Waals surface area contributed by atoms with Crippen LogP contribution in [0.25, 0.3) is 5.57 Å². The molecule has 2 amide bonds. The van der Waals surface area contributed by atoms with E-state index < -0.39 is 0 Å². The first-order chi connectivity index (χ1) is 8.61. The number of hydrogen-bond acceptors (Lipinski definition) is 4. The highest BCUT2D eigenvalue weighted by molar-refractivity contribution is 8.03. The summed E-state index contributed by atoms with van der Waals surface area (Å²) in [6.45, 7) is 0. The van der Waals surface area contributed by atoms with Crippen LogP contribution in [-0.2, 0) is 9.59 Å². The fourth-order valence-corrected chi connectivity index (χ4v) is 2.61. The molecule has 18 heavy (non-hydrogen) atoms. The van der Waals surface area contributed by atoms with Gasteiger partial charge in [-0.1, -0.05) is 18.2 Å². The van der Waals surface area contributed by atoms with Crippen molar-refractivity contribution in [2.24, 2.45) is 0 Å². The molecule has 0 aromatic heterocycles. The molecule has 0 atom stereocenters. The first-order valence-corrected chi connectivity index (χ1v) is 6.58. The first-order valence-electron chi connectivity index (χ1n) is 5.35. The molecule has 1 aromatic rings. The molecule has 1 heterocycles. The predicted molar refractivity (Wildman–Crippen MR) is 71.2 cm³/mol. The monoisotopic (exact) mass is 263 g/mol. The zero-order chi connectivity index (χ0) is 13.3. The van der Waals surface area contributed by atoms with E-state index in [1.165, 1.54) is 18.8 Å². The average molecular weight is 263 g/mol. The number of likely N-dealkylation sites (N-methyl/N-ethyl adjacent to an activating group) is 1. The molecule has 1 aromatic carbocycles. The SMILES string of the molecule is COc1ccccc1C1=C(SC)C(=O)N(C)C1=O. The molecule has 0 saturated heterocycles. The number of ether oxygens (including phenoxy) is 1. The zero-order valence-corrected chi connectivity index (χ0v) is 11.2. The Morgan fingerprint density at radius 3 is 2.44 bits per heavy atom. The Kier molecular flexibility index (Phi) is 3.43. The number of nitrogens with zero attached hydrogens (tertiary/aromatic N) is 1. The van der Waals surface area contributed by atoms with Gasteiger partial charge in [0.25, 0.3) is 11.8 Å². The number of imide groups is 1. The highest BCUT2D eigenvalue weighted by Crippen LogP contribution is 2.37. The third-order valence-corrected chi connectivity index (χ3v) is 3.61. The third kappa shape index (κ3) is 1.80. The van der Waals surface area contributed by atoms with Crippen molar-refractivity contribution in [2.45, 2.75) is 0 Å². The molecule has 0 N–H and O–H groups in total. The minimum atomic E-state index is -0.283. The van der Waals surface area contributed by atoms with Crippen LogP contribution in [0, 0.1) is 0 Å². The van der Waals surface area contributed by atoms with Crippen LogP contribution < -0.4 is 4.74 Å². The number of hydrogen-bond donors (Lipinski definition) is 0. The van der Waals surface area contributed by atoms with Crippen molar-refractivity contribution in [1.82, 2.24) is 4.90 Å². The maximum absolute atomic E-state index is 12.1. The lowest BCUT2D eigenvalue weighted by atomic mass is 10.1. The highest BCUT2D eigenvalue weighted by atomic mass is 32.2. The van der Waals surface area contributed by atoms with Crippen molar-refractivity contribution in [3.63, 3.8) is 0 Å². The van der Waals surface area contributed by atoms with Crippen LogP contribution in [0.3, 0.4) is 0 Å². The summed E-state index contributed by atoms with van der Waals surface area (Å²) in [7, 11) is 3.03. The lowest BCUT2D eigenvalue weighted by molar-refractivity contribution is -0.134. The van der Waals surface area contributed by atoms with E-state index in [1.807, 2.05) is 12.1 Å². The summed E-state index contributed by atoms with van der Waals surface area (Å²) in [5.41, 5.74) is 1.08. The number of methoxy groups -OCH3 is 1. The molecule has 4 nitrogen and oxygen atoms in total. The van der Waals surface area contributed by atoms with Crippen molar-refractivity contribution in [1.29, 1.82) is 0 Å². The topological polar surface area (TPSA) is 46.6 Å². The molecule has 2 rings (SSSR count). The number of carbonyl (C=O) groups is 2. The van der Waals surface area contributed by atoms with Gasteiger partial charge in [-0.15, -0.1) is 11.8 Å². The van der Waals surface area contributed by atoms with Crippen LogP contribution in [0.1, 0.15) is 5.56 Å². The average Bonchev–Trinajstić information content (AvgIpc) is 2.62. The largest absolute Gasteiger partial charge is 0.496 e. The normalized spacial score (nSPS) is 15.6. The van der Waals surface area contributed by atoms with Gasteiger partial charge in [-0.3, -0.25) is 14.5 Å². The summed E-state index contributed by atoms with van der Waals surface area (Å²) in [6, 6.07) is 7.20. The van der Waals surface area contributed by atoms with Crippen LogP contribution in [-0.4, -0.2) is 37.1 Å².